The van der Waals surface area contributed by atoms with Gasteiger partial charge < -0.3 is 15.8 Å². The molecule has 0 spiro atoms. The van der Waals surface area contributed by atoms with Crippen LogP contribution in [0.5, 0.6) is 0 Å². The van der Waals surface area contributed by atoms with Crippen molar-refractivity contribution in [2.45, 2.75) is 51.8 Å². The summed E-state index contributed by atoms with van der Waals surface area (Å²) in [4.78, 5) is 14.0. The highest BCUT2D eigenvalue weighted by atomic mass is 16.5. The number of nitrogens with zero attached hydrogens (tertiary/aromatic N) is 1. The normalized spacial score (nSPS) is 23.1. The number of nitrogens with one attached hydrogen (secondary N) is 1. The van der Waals surface area contributed by atoms with E-state index in [0.717, 1.165) is 25.9 Å². The first-order valence-electron chi connectivity index (χ1n) is 6.95. The van der Waals surface area contributed by atoms with Crippen LogP contribution in [0.1, 0.15) is 33.6 Å². The van der Waals surface area contributed by atoms with Crippen LogP contribution >= 0.6 is 0 Å². The molecule has 0 aromatic carbocycles. The molecule has 3 N–H and O–H groups in total. The lowest BCUT2D eigenvalue weighted by Crippen LogP contribution is -2.52. The molecule has 1 heterocycles. The maximum absolute atomic E-state index is 11.9. The zero-order valence-corrected chi connectivity index (χ0v) is 11.8. The van der Waals surface area contributed by atoms with E-state index in [1.807, 2.05) is 6.92 Å². The molecule has 1 saturated heterocycles. The van der Waals surface area contributed by atoms with E-state index in [2.05, 4.69) is 24.1 Å². The number of hydrogen-bond donors (Lipinski definition) is 2. The van der Waals surface area contributed by atoms with Crippen molar-refractivity contribution in [3.8, 4) is 0 Å². The third-order valence-corrected chi connectivity index (χ3v) is 3.48. The Morgan fingerprint density at radius 1 is 1.50 bits per heavy atom. The van der Waals surface area contributed by atoms with Gasteiger partial charge in [0.25, 0.3) is 0 Å². The van der Waals surface area contributed by atoms with E-state index >= 15 is 0 Å². The van der Waals surface area contributed by atoms with Crippen LogP contribution < -0.4 is 11.1 Å². The van der Waals surface area contributed by atoms with Crippen LogP contribution in [-0.4, -0.2) is 55.2 Å². The first-order valence-corrected chi connectivity index (χ1v) is 6.95. The van der Waals surface area contributed by atoms with E-state index < -0.39 is 0 Å². The monoisotopic (exact) mass is 257 g/mol. The van der Waals surface area contributed by atoms with Crippen molar-refractivity contribution in [3.63, 3.8) is 0 Å². The minimum absolute atomic E-state index is 0.00916. The molecule has 1 rings (SSSR count). The molecular formula is C13H27N3O2. The van der Waals surface area contributed by atoms with Gasteiger partial charge in [0.2, 0.25) is 5.91 Å². The predicted octanol–water partition coefficient (Wildman–Crippen LogP) is 0.339. The molecule has 5 nitrogen and oxygen atoms in total. The lowest BCUT2D eigenvalue weighted by Gasteiger charge is -2.34. The van der Waals surface area contributed by atoms with E-state index in [1.165, 1.54) is 0 Å². The van der Waals surface area contributed by atoms with Crippen molar-refractivity contribution in [1.82, 2.24) is 10.2 Å². The van der Waals surface area contributed by atoms with Crippen LogP contribution in [0, 0.1) is 0 Å². The van der Waals surface area contributed by atoms with Crippen LogP contribution in [-0.2, 0) is 9.53 Å². The van der Waals surface area contributed by atoms with Gasteiger partial charge in [-0.3, -0.25) is 9.69 Å². The lowest BCUT2D eigenvalue weighted by atomic mass is 10.1. The summed E-state index contributed by atoms with van der Waals surface area (Å²) in [5, 5.41) is 3.06. The van der Waals surface area contributed by atoms with Crippen LogP contribution in [0.3, 0.4) is 0 Å². The standard InChI is InChI=1S/C13H27N3O2/c1-4-11(5-2)15-13(17)9-16-6-7-18-12(8-16)10(3)14/h10-12H,4-9,14H2,1-3H3,(H,15,17). The highest BCUT2D eigenvalue weighted by molar-refractivity contribution is 5.78. The van der Waals surface area contributed by atoms with Crippen molar-refractivity contribution in [2.75, 3.05) is 26.2 Å². The second-order valence-corrected chi connectivity index (χ2v) is 5.08. The summed E-state index contributed by atoms with van der Waals surface area (Å²) < 4.78 is 5.58. The van der Waals surface area contributed by atoms with Crippen molar-refractivity contribution < 1.29 is 9.53 Å². The zero-order chi connectivity index (χ0) is 13.5. The number of morpholine rings is 1. The molecule has 1 aliphatic rings. The maximum atomic E-state index is 11.9. The molecule has 1 aliphatic heterocycles. The first-order chi connectivity index (χ1) is 8.56. The Labute approximate surface area is 110 Å². The van der Waals surface area contributed by atoms with Gasteiger partial charge in [-0.15, -0.1) is 0 Å². The average molecular weight is 257 g/mol. The van der Waals surface area contributed by atoms with Gasteiger partial charge in [0, 0.05) is 25.2 Å². The van der Waals surface area contributed by atoms with E-state index in [9.17, 15) is 4.79 Å². The van der Waals surface area contributed by atoms with Gasteiger partial charge in [0.1, 0.15) is 0 Å². The topological polar surface area (TPSA) is 67.6 Å². The third-order valence-electron chi connectivity index (χ3n) is 3.48. The highest BCUT2D eigenvalue weighted by Gasteiger charge is 2.24. The minimum atomic E-state index is 0.00916. The molecular weight excluding hydrogens is 230 g/mol. The molecule has 0 radical (unpaired) electrons. The number of amides is 1. The number of carbonyl (C=O) groups excluding carboxylic acids is 1. The number of hydrogen-bond acceptors (Lipinski definition) is 4. The van der Waals surface area contributed by atoms with Gasteiger partial charge in [-0.1, -0.05) is 13.8 Å². The van der Waals surface area contributed by atoms with Gasteiger partial charge in [-0.05, 0) is 19.8 Å². The van der Waals surface area contributed by atoms with E-state index in [4.69, 9.17) is 10.5 Å². The maximum Gasteiger partial charge on any atom is 0.234 e. The van der Waals surface area contributed by atoms with E-state index in [1.54, 1.807) is 0 Å². The van der Waals surface area contributed by atoms with Gasteiger partial charge in [0.05, 0.1) is 19.3 Å². The Morgan fingerprint density at radius 2 is 2.17 bits per heavy atom. The number of carbonyl (C=O) groups is 1. The molecule has 0 saturated carbocycles. The SMILES string of the molecule is CCC(CC)NC(=O)CN1CCOC(C(C)N)C1. The molecule has 0 bridgehead atoms. The molecule has 1 amide bonds. The zero-order valence-electron chi connectivity index (χ0n) is 11.8. The van der Waals surface area contributed by atoms with Crippen molar-refractivity contribution >= 4 is 5.91 Å². The molecule has 1 fully saturated rings. The summed E-state index contributed by atoms with van der Waals surface area (Å²) in [6.45, 7) is 8.78. The smallest absolute Gasteiger partial charge is 0.234 e. The van der Waals surface area contributed by atoms with Crippen molar-refractivity contribution in [3.05, 3.63) is 0 Å². The van der Waals surface area contributed by atoms with Gasteiger partial charge in [-0.2, -0.15) is 0 Å². The lowest BCUT2D eigenvalue weighted by molar-refractivity contribution is -0.125. The molecule has 0 aromatic rings. The minimum Gasteiger partial charge on any atom is -0.374 e. The highest BCUT2D eigenvalue weighted by Crippen LogP contribution is 2.07. The van der Waals surface area contributed by atoms with Gasteiger partial charge >= 0.3 is 0 Å². The summed E-state index contributed by atoms with van der Waals surface area (Å²) in [5.74, 6) is 0.106. The average Bonchev–Trinajstić information content (AvgIpc) is 2.36. The number of rotatable bonds is 6. The van der Waals surface area contributed by atoms with Crippen LogP contribution in [0.2, 0.25) is 0 Å². The Morgan fingerprint density at radius 3 is 2.72 bits per heavy atom. The van der Waals surface area contributed by atoms with Crippen molar-refractivity contribution in [2.24, 2.45) is 5.73 Å². The fraction of sp³-hybridized carbons (Fsp3) is 0.923. The molecule has 0 aromatic heterocycles. The summed E-state index contributed by atoms with van der Waals surface area (Å²) in [6.07, 6.45) is 2.00. The van der Waals surface area contributed by atoms with E-state index in [0.29, 0.717) is 19.2 Å². The predicted molar refractivity (Wildman–Crippen MR) is 72.3 cm³/mol. The Balaban J connectivity index is 2.35. The van der Waals surface area contributed by atoms with Crippen LogP contribution in [0.25, 0.3) is 0 Å². The Kier molecular flexibility index (Phi) is 6.60. The molecule has 0 aliphatic carbocycles. The molecule has 2 atom stereocenters. The fourth-order valence-corrected chi connectivity index (χ4v) is 2.16. The Bertz CT molecular complexity index is 255. The largest absolute Gasteiger partial charge is 0.374 e. The third kappa shape index (κ3) is 4.92. The summed E-state index contributed by atoms with van der Waals surface area (Å²) >= 11 is 0. The van der Waals surface area contributed by atoms with Crippen LogP contribution in [0.15, 0.2) is 0 Å². The van der Waals surface area contributed by atoms with Gasteiger partial charge in [-0.25, -0.2) is 0 Å². The fourth-order valence-electron chi connectivity index (χ4n) is 2.16. The van der Waals surface area contributed by atoms with Crippen molar-refractivity contribution in [1.29, 1.82) is 0 Å². The second kappa shape index (κ2) is 7.71. The second-order valence-electron chi connectivity index (χ2n) is 5.08. The van der Waals surface area contributed by atoms with Gasteiger partial charge in [0.15, 0.2) is 0 Å². The number of nitrogens with two attached hydrogens (primary N) is 1. The summed E-state index contributed by atoms with van der Waals surface area (Å²) in [5.41, 5.74) is 5.83. The van der Waals surface area contributed by atoms with Crippen LogP contribution in [0.4, 0.5) is 0 Å². The molecule has 2 unspecified atom stereocenters. The molecule has 5 heteroatoms. The Hall–Kier alpha value is -0.650. The quantitative estimate of drug-likeness (QED) is 0.720. The molecule has 18 heavy (non-hydrogen) atoms. The molecule has 106 valence electrons. The summed E-state index contributed by atoms with van der Waals surface area (Å²) in [7, 11) is 0. The van der Waals surface area contributed by atoms with E-state index in [-0.39, 0.29) is 18.1 Å². The summed E-state index contributed by atoms with van der Waals surface area (Å²) in [6, 6.07) is 0.303. The number of ether oxygens (including phenoxy) is 1. The first kappa shape index (κ1) is 15.4.